The van der Waals surface area contributed by atoms with Crippen molar-refractivity contribution < 1.29 is 24.2 Å². The van der Waals surface area contributed by atoms with Crippen LogP contribution in [0.4, 0.5) is 4.79 Å². The summed E-state index contributed by atoms with van der Waals surface area (Å²) in [6, 6.07) is 24.9. The molecule has 2 unspecified atom stereocenters. The Kier molecular flexibility index (Phi) is 8.99. The van der Waals surface area contributed by atoms with E-state index < -0.39 is 18.1 Å². The molecule has 1 fully saturated rings. The minimum absolute atomic E-state index is 0.0925. The van der Waals surface area contributed by atoms with Crippen LogP contribution in [0.1, 0.15) is 48.3 Å². The number of amides is 2. The van der Waals surface area contributed by atoms with Crippen LogP contribution in [0.25, 0.3) is 11.1 Å². The number of carboxylic acid groups (broad SMARTS) is 1. The first-order chi connectivity index (χ1) is 19.9. The molecule has 0 saturated carbocycles. The number of aliphatic carboxylic acids is 1. The quantitative estimate of drug-likeness (QED) is 0.370. The van der Waals surface area contributed by atoms with E-state index in [4.69, 9.17) is 4.74 Å². The molecule has 1 saturated heterocycles. The number of rotatable bonds is 10. The van der Waals surface area contributed by atoms with Crippen molar-refractivity contribution in [2.75, 3.05) is 26.7 Å². The Bertz CT molecular complexity index is 1330. The number of benzene rings is 3. The zero-order chi connectivity index (χ0) is 28.8. The fourth-order valence-corrected chi connectivity index (χ4v) is 6.14. The molecule has 3 aromatic carbocycles. The second-order valence-electron chi connectivity index (χ2n) is 11.0. The van der Waals surface area contributed by atoms with Crippen LogP contribution < -0.4 is 5.32 Å². The van der Waals surface area contributed by atoms with Crippen LogP contribution >= 0.6 is 0 Å². The summed E-state index contributed by atoms with van der Waals surface area (Å²) >= 11 is 0. The van der Waals surface area contributed by atoms with Crippen LogP contribution in [0, 0.1) is 0 Å². The second-order valence-corrected chi connectivity index (χ2v) is 11.0. The summed E-state index contributed by atoms with van der Waals surface area (Å²) < 4.78 is 5.77. The zero-order valence-corrected chi connectivity index (χ0v) is 23.4. The van der Waals surface area contributed by atoms with Gasteiger partial charge in [0.15, 0.2) is 0 Å². The first kappa shape index (κ1) is 28.4. The van der Waals surface area contributed by atoms with E-state index in [-0.39, 0.29) is 37.4 Å². The number of piperidine rings is 1. The number of carbonyl (C=O) groups is 3. The highest BCUT2D eigenvalue weighted by Gasteiger charge is 2.35. The van der Waals surface area contributed by atoms with Crippen LogP contribution in [0.15, 0.2) is 78.9 Å². The third kappa shape index (κ3) is 6.77. The van der Waals surface area contributed by atoms with Crippen LogP contribution in [0.5, 0.6) is 0 Å². The fourth-order valence-electron chi connectivity index (χ4n) is 6.14. The van der Waals surface area contributed by atoms with E-state index in [1.807, 2.05) is 66.5 Å². The van der Waals surface area contributed by atoms with Gasteiger partial charge in [-0.2, -0.15) is 0 Å². The molecule has 1 aliphatic carbocycles. The number of nitrogens with one attached hydrogen (secondary N) is 1. The summed E-state index contributed by atoms with van der Waals surface area (Å²) in [7, 11) is 1.90. The van der Waals surface area contributed by atoms with Gasteiger partial charge in [0, 0.05) is 31.6 Å². The molecule has 0 radical (unpaired) electrons. The Labute approximate surface area is 240 Å². The summed E-state index contributed by atoms with van der Waals surface area (Å²) in [5, 5.41) is 12.3. The van der Waals surface area contributed by atoms with Gasteiger partial charge >= 0.3 is 12.1 Å². The largest absolute Gasteiger partial charge is 0.481 e. The molecule has 2 N–H and O–H groups in total. The number of fused-ring (bicyclic) bond motifs is 3. The van der Waals surface area contributed by atoms with Crippen LogP contribution in [-0.2, 0) is 20.9 Å². The van der Waals surface area contributed by atoms with E-state index in [1.165, 1.54) is 0 Å². The Morgan fingerprint density at radius 2 is 1.59 bits per heavy atom. The van der Waals surface area contributed by atoms with E-state index in [1.54, 1.807) is 4.90 Å². The summed E-state index contributed by atoms with van der Waals surface area (Å²) in [6.45, 7) is 1.47. The van der Waals surface area contributed by atoms with E-state index in [9.17, 15) is 19.5 Å². The Balaban J connectivity index is 1.30. The minimum Gasteiger partial charge on any atom is -0.481 e. The molecule has 8 nitrogen and oxygen atoms in total. The molecule has 1 heterocycles. The Morgan fingerprint density at radius 1 is 0.951 bits per heavy atom. The molecule has 41 heavy (non-hydrogen) atoms. The number of carboxylic acids is 1. The predicted molar refractivity (Wildman–Crippen MR) is 156 cm³/mol. The molecule has 0 aromatic heterocycles. The lowest BCUT2D eigenvalue weighted by Crippen LogP contribution is -2.57. The van der Waals surface area contributed by atoms with Gasteiger partial charge in [-0.25, -0.2) is 4.79 Å². The average molecular weight is 556 g/mol. The van der Waals surface area contributed by atoms with E-state index in [2.05, 4.69) is 29.6 Å². The van der Waals surface area contributed by atoms with Crippen molar-refractivity contribution in [2.45, 2.75) is 50.2 Å². The lowest BCUT2D eigenvalue weighted by Gasteiger charge is -2.38. The van der Waals surface area contributed by atoms with Gasteiger partial charge in [-0.3, -0.25) is 14.5 Å². The summed E-state index contributed by atoms with van der Waals surface area (Å²) in [5.41, 5.74) is 5.59. The van der Waals surface area contributed by atoms with Gasteiger partial charge < -0.3 is 20.1 Å². The normalized spacial score (nSPS) is 17.0. The number of nitrogens with zero attached hydrogens (tertiary/aromatic N) is 2. The monoisotopic (exact) mass is 555 g/mol. The molecule has 2 aliphatic rings. The van der Waals surface area contributed by atoms with Crippen molar-refractivity contribution >= 4 is 18.0 Å². The van der Waals surface area contributed by atoms with Gasteiger partial charge in [0.05, 0.1) is 6.42 Å². The molecule has 214 valence electrons. The van der Waals surface area contributed by atoms with Gasteiger partial charge in [0.25, 0.3) is 0 Å². The number of hydrogen-bond acceptors (Lipinski definition) is 5. The van der Waals surface area contributed by atoms with Gasteiger partial charge in [-0.1, -0.05) is 78.9 Å². The van der Waals surface area contributed by atoms with Crippen molar-refractivity contribution in [1.29, 1.82) is 0 Å². The van der Waals surface area contributed by atoms with Crippen molar-refractivity contribution in [2.24, 2.45) is 0 Å². The Hall–Kier alpha value is -4.17. The number of hydrogen-bond donors (Lipinski definition) is 2. The number of carbonyl (C=O) groups excluding carboxylic acids is 2. The van der Waals surface area contributed by atoms with Gasteiger partial charge in [-0.15, -0.1) is 0 Å². The van der Waals surface area contributed by atoms with E-state index in [0.29, 0.717) is 19.5 Å². The standard InChI is InChI=1S/C33H37N3O5/c1-35(20-23-11-3-2-4-12-23)21-30(32(39)36-18-10-9-13-24(36)19-31(37)38)34-33(40)41-22-29-27-16-7-5-14-25(27)26-15-6-8-17-28(26)29/h2-8,11-12,14-17,24,29-30H,9-10,13,18-22H2,1H3,(H,34,40)(H,37,38). The molecule has 1 aliphatic heterocycles. The highest BCUT2D eigenvalue weighted by molar-refractivity contribution is 5.87. The van der Waals surface area contributed by atoms with E-state index in [0.717, 1.165) is 40.7 Å². The average Bonchev–Trinajstić information content (AvgIpc) is 3.29. The summed E-state index contributed by atoms with van der Waals surface area (Å²) in [5.74, 6) is -1.30. The van der Waals surface area contributed by atoms with Crippen molar-refractivity contribution in [3.05, 3.63) is 95.6 Å². The molecule has 8 heteroatoms. The molecule has 5 rings (SSSR count). The van der Waals surface area contributed by atoms with Crippen LogP contribution in [0.2, 0.25) is 0 Å². The molecule has 2 amide bonds. The summed E-state index contributed by atoms with van der Waals surface area (Å²) in [4.78, 5) is 42.2. The predicted octanol–water partition coefficient (Wildman–Crippen LogP) is 4.88. The maximum Gasteiger partial charge on any atom is 0.407 e. The maximum atomic E-state index is 13.8. The Morgan fingerprint density at radius 3 is 2.24 bits per heavy atom. The van der Waals surface area contributed by atoms with Crippen molar-refractivity contribution in [3.8, 4) is 11.1 Å². The van der Waals surface area contributed by atoms with Crippen molar-refractivity contribution in [1.82, 2.24) is 15.1 Å². The number of ether oxygens (including phenoxy) is 1. The molecule has 0 bridgehead atoms. The first-order valence-electron chi connectivity index (χ1n) is 14.3. The van der Waals surface area contributed by atoms with Gasteiger partial charge in [0.1, 0.15) is 12.6 Å². The minimum atomic E-state index is -0.933. The topological polar surface area (TPSA) is 99.2 Å². The lowest BCUT2D eigenvalue weighted by molar-refractivity contribution is -0.143. The maximum absolute atomic E-state index is 13.8. The molecular formula is C33H37N3O5. The SMILES string of the molecule is CN(Cc1ccccc1)CC(NC(=O)OCC1c2ccccc2-c2ccccc21)C(=O)N1CCCCC1CC(=O)O. The molecule has 0 spiro atoms. The van der Waals surface area contributed by atoms with Crippen molar-refractivity contribution in [3.63, 3.8) is 0 Å². The molecule has 3 aromatic rings. The fraction of sp³-hybridized carbons (Fsp3) is 0.364. The van der Waals surface area contributed by atoms with Gasteiger partial charge in [0.2, 0.25) is 5.91 Å². The second kappa shape index (κ2) is 13.0. The van der Waals surface area contributed by atoms with Gasteiger partial charge in [-0.05, 0) is 54.1 Å². The zero-order valence-electron chi connectivity index (χ0n) is 23.4. The highest BCUT2D eigenvalue weighted by atomic mass is 16.5. The van der Waals surface area contributed by atoms with Crippen LogP contribution in [0.3, 0.4) is 0 Å². The molecular weight excluding hydrogens is 518 g/mol. The number of likely N-dealkylation sites (tertiary alicyclic amines) is 1. The first-order valence-corrected chi connectivity index (χ1v) is 14.3. The smallest absolute Gasteiger partial charge is 0.407 e. The van der Waals surface area contributed by atoms with E-state index >= 15 is 0 Å². The van der Waals surface area contributed by atoms with Crippen LogP contribution in [-0.4, -0.2) is 71.7 Å². The highest BCUT2D eigenvalue weighted by Crippen LogP contribution is 2.44. The number of alkyl carbamates (subject to hydrolysis) is 1. The lowest BCUT2D eigenvalue weighted by atomic mass is 9.98. The third-order valence-corrected chi connectivity index (χ3v) is 8.04. The number of likely N-dealkylation sites (N-methyl/N-ethyl adjacent to an activating group) is 1. The summed E-state index contributed by atoms with van der Waals surface area (Å²) in [6.07, 6.45) is 1.54. The third-order valence-electron chi connectivity index (χ3n) is 8.04. The molecule has 2 atom stereocenters.